The van der Waals surface area contributed by atoms with Gasteiger partial charge in [-0.25, -0.2) is 9.78 Å². The van der Waals surface area contributed by atoms with E-state index in [1.807, 2.05) is 25.1 Å². The molecule has 0 amide bonds. The fraction of sp³-hybridized carbons (Fsp3) is 0.346. The van der Waals surface area contributed by atoms with E-state index in [0.717, 1.165) is 37.8 Å². The molecule has 0 atom stereocenters. The van der Waals surface area contributed by atoms with Crippen LogP contribution in [0, 0.1) is 0 Å². The summed E-state index contributed by atoms with van der Waals surface area (Å²) in [7, 11) is 5.80. The molecule has 13 heteroatoms. The second-order valence-electron chi connectivity index (χ2n) is 8.75. The maximum absolute atomic E-state index is 13.5. The molecule has 0 spiro atoms. The van der Waals surface area contributed by atoms with Crippen LogP contribution in [0.25, 0.3) is 10.2 Å². The van der Waals surface area contributed by atoms with E-state index in [-0.39, 0.29) is 22.7 Å². The molecule has 0 saturated carbocycles. The van der Waals surface area contributed by atoms with E-state index in [2.05, 4.69) is 0 Å². The number of hydrogen-bond acceptors (Lipinski definition) is 10. The lowest BCUT2D eigenvalue weighted by Gasteiger charge is -2.14. The zero-order valence-electron chi connectivity index (χ0n) is 22.3. The molecule has 0 bridgehead atoms. The molecule has 1 aromatic carbocycles. The molecule has 3 heterocycles. The zero-order chi connectivity index (χ0) is 28.4. The third-order valence-corrected chi connectivity index (χ3v) is 8.56. The first kappa shape index (κ1) is 28.2. The highest BCUT2D eigenvalue weighted by atomic mass is 32.2. The van der Waals surface area contributed by atoms with Crippen molar-refractivity contribution in [1.29, 1.82) is 0 Å². The first-order valence-electron chi connectivity index (χ1n) is 12.1. The number of carbonyl (C=O) groups excluding carboxylic acids is 1. The Morgan fingerprint density at radius 1 is 1.05 bits per heavy atom. The van der Waals surface area contributed by atoms with Gasteiger partial charge in [-0.1, -0.05) is 24.8 Å². The van der Waals surface area contributed by atoms with Gasteiger partial charge in [0.25, 0.3) is 11.1 Å². The van der Waals surface area contributed by atoms with Gasteiger partial charge in [-0.3, -0.25) is 28.1 Å². The maximum atomic E-state index is 13.5. The second-order valence-corrected chi connectivity index (χ2v) is 10.8. The van der Waals surface area contributed by atoms with Gasteiger partial charge in [0.05, 0.1) is 25.4 Å². The second kappa shape index (κ2) is 11.5. The van der Waals surface area contributed by atoms with Crippen molar-refractivity contribution in [2.45, 2.75) is 31.5 Å². The molecule has 4 aromatic rings. The highest BCUT2D eigenvalue weighted by Crippen LogP contribution is 2.29. The fourth-order valence-electron chi connectivity index (χ4n) is 4.13. The number of aryl methyl sites for hydroxylation is 2. The molecule has 11 nitrogen and oxygen atoms in total. The van der Waals surface area contributed by atoms with Crippen molar-refractivity contribution in [2.75, 3.05) is 25.7 Å². The highest BCUT2D eigenvalue weighted by molar-refractivity contribution is 7.99. The summed E-state index contributed by atoms with van der Waals surface area (Å²) < 4.78 is 14.1. The lowest BCUT2D eigenvalue weighted by atomic mass is 10.1. The van der Waals surface area contributed by atoms with Crippen LogP contribution in [0.2, 0.25) is 0 Å². The lowest BCUT2D eigenvalue weighted by Crippen LogP contribution is -2.41. The van der Waals surface area contributed by atoms with Gasteiger partial charge in [0.15, 0.2) is 22.4 Å². The first-order valence-corrected chi connectivity index (χ1v) is 13.9. The van der Waals surface area contributed by atoms with Crippen molar-refractivity contribution in [3.8, 4) is 11.5 Å². The molecule has 0 aliphatic heterocycles. The number of nitrogens with two attached hydrogens (primary N) is 1. The Balaban J connectivity index is 1.69. The Labute approximate surface area is 231 Å². The van der Waals surface area contributed by atoms with E-state index in [4.69, 9.17) is 20.2 Å². The topological polar surface area (TPSA) is 140 Å². The van der Waals surface area contributed by atoms with Gasteiger partial charge in [0, 0.05) is 25.5 Å². The Bertz CT molecular complexity index is 1750. The van der Waals surface area contributed by atoms with E-state index in [1.165, 1.54) is 25.4 Å². The van der Waals surface area contributed by atoms with E-state index in [1.54, 1.807) is 24.9 Å². The van der Waals surface area contributed by atoms with E-state index >= 15 is 0 Å². The molecule has 4 rings (SSSR count). The summed E-state index contributed by atoms with van der Waals surface area (Å²) >= 11 is 2.49. The standard InChI is InChI=1S/C26H29N5O6S2/c1-6-15-12-16-22(39-15)28-25(38-13-17(32)20-21(27)29(2)26(35)30(3)24(20)34)31(23(16)33)10-9-14-7-8-18(36-4)19(11-14)37-5/h7-8,11-12H,6,9-10,13,27H2,1-5H3. The van der Waals surface area contributed by atoms with E-state index in [0.29, 0.717) is 39.8 Å². The van der Waals surface area contributed by atoms with Crippen LogP contribution in [-0.4, -0.2) is 44.4 Å². The largest absolute Gasteiger partial charge is 0.493 e. The van der Waals surface area contributed by atoms with Crippen LogP contribution < -0.4 is 32.0 Å². The number of hydrogen-bond donors (Lipinski definition) is 1. The van der Waals surface area contributed by atoms with Crippen LogP contribution in [0.15, 0.2) is 43.8 Å². The number of rotatable bonds is 10. The monoisotopic (exact) mass is 571 g/mol. The molecule has 3 aromatic heterocycles. The summed E-state index contributed by atoms with van der Waals surface area (Å²) in [5.41, 5.74) is 5.02. The van der Waals surface area contributed by atoms with Crippen molar-refractivity contribution in [3.05, 3.63) is 71.5 Å². The predicted molar refractivity (Wildman–Crippen MR) is 153 cm³/mol. The number of aromatic nitrogens is 4. The number of methoxy groups -OCH3 is 2. The van der Waals surface area contributed by atoms with Crippen LogP contribution >= 0.6 is 23.1 Å². The molecule has 0 aliphatic carbocycles. The number of thiophene rings is 1. The number of fused-ring (bicyclic) bond motifs is 1. The van der Waals surface area contributed by atoms with Gasteiger partial charge < -0.3 is 15.2 Å². The molecule has 0 unspecified atom stereocenters. The third-order valence-electron chi connectivity index (χ3n) is 6.41. The number of ketones is 1. The Kier molecular flexibility index (Phi) is 8.31. The highest BCUT2D eigenvalue weighted by Gasteiger charge is 2.22. The zero-order valence-corrected chi connectivity index (χ0v) is 23.9. The minimum Gasteiger partial charge on any atom is -0.493 e. The van der Waals surface area contributed by atoms with Crippen molar-refractivity contribution in [2.24, 2.45) is 14.1 Å². The smallest absolute Gasteiger partial charge is 0.332 e. The summed E-state index contributed by atoms with van der Waals surface area (Å²) in [6.45, 7) is 2.31. The Morgan fingerprint density at radius 2 is 1.77 bits per heavy atom. The number of Topliss-reactive ketones (excluding diaryl/α,β-unsaturated/α-hetero) is 1. The van der Waals surface area contributed by atoms with Crippen LogP contribution in [0.3, 0.4) is 0 Å². The molecular weight excluding hydrogens is 542 g/mol. The van der Waals surface area contributed by atoms with E-state index < -0.39 is 17.0 Å². The molecule has 0 fully saturated rings. The van der Waals surface area contributed by atoms with Crippen LogP contribution in [0.5, 0.6) is 11.5 Å². The van der Waals surface area contributed by atoms with Crippen LogP contribution in [0.1, 0.15) is 27.7 Å². The van der Waals surface area contributed by atoms with Crippen molar-refractivity contribution < 1.29 is 14.3 Å². The number of carbonyl (C=O) groups is 1. The number of nitrogen functional groups attached to an aromatic ring is 1. The summed E-state index contributed by atoms with van der Waals surface area (Å²) in [6, 6.07) is 7.41. The van der Waals surface area contributed by atoms with Gasteiger partial charge in [0.2, 0.25) is 0 Å². The minimum atomic E-state index is -0.763. The molecule has 206 valence electrons. The number of ether oxygens (including phenoxy) is 2. The van der Waals surface area contributed by atoms with Crippen LogP contribution in [-0.2, 0) is 33.5 Å². The lowest BCUT2D eigenvalue weighted by molar-refractivity contribution is 0.102. The average Bonchev–Trinajstić information content (AvgIpc) is 3.37. The molecule has 39 heavy (non-hydrogen) atoms. The quantitative estimate of drug-likeness (QED) is 0.172. The first-order chi connectivity index (χ1) is 18.6. The average molecular weight is 572 g/mol. The summed E-state index contributed by atoms with van der Waals surface area (Å²) in [6.07, 6.45) is 1.26. The number of nitrogens with zero attached hydrogens (tertiary/aromatic N) is 4. The van der Waals surface area contributed by atoms with Gasteiger partial charge in [-0.05, 0) is 36.6 Å². The number of anilines is 1. The summed E-state index contributed by atoms with van der Waals surface area (Å²) in [5.74, 6) is 0.227. The van der Waals surface area contributed by atoms with Gasteiger partial charge in [-0.15, -0.1) is 11.3 Å². The Morgan fingerprint density at radius 3 is 2.44 bits per heavy atom. The SMILES string of the molecule is CCc1cc2c(=O)n(CCc3ccc(OC)c(OC)c3)c(SCC(=O)c3c(N)n(C)c(=O)n(C)c3=O)nc2s1. The van der Waals surface area contributed by atoms with Gasteiger partial charge in [0.1, 0.15) is 16.2 Å². The summed E-state index contributed by atoms with van der Waals surface area (Å²) in [4.78, 5) is 57.8. The normalized spacial score (nSPS) is 11.2. The molecule has 2 N–H and O–H groups in total. The summed E-state index contributed by atoms with van der Waals surface area (Å²) in [5, 5.41) is 0.877. The van der Waals surface area contributed by atoms with Gasteiger partial charge in [-0.2, -0.15) is 0 Å². The minimum absolute atomic E-state index is 0.196. The fourth-order valence-corrected chi connectivity index (χ4v) is 6.04. The molecule has 0 aliphatic rings. The number of thioether (sulfide) groups is 1. The van der Waals surface area contributed by atoms with Crippen molar-refractivity contribution in [3.63, 3.8) is 0 Å². The van der Waals surface area contributed by atoms with Crippen LogP contribution in [0.4, 0.5) is 5.82 Å². The molecular formula is C26H29N5O6S2. The third kappa shape index (κ3) is 5.36. The van der Waals surface area contributed by atoms with Crippen molar-refractivity contribution in [1.82, 2.24) is 18.7 Å². The molecule has 0 radical (unpaired) electrons. The Hall–Kier alpha value is -3.84. The van der Waals surface area contributed by atoms with E-state index in [9.17, 15) is 19.2 Å². The predicted octanol–water partition coefficient (Wildman–Crippen LogP) is 2.23. The maximum Gasteiger partial charge on any atom is 0.332 e. The van der Waals surface area contributed by atoms with Gasteiger partial charge >= 0.3 is 5.69 Å². The molecule has 0 saturated heterocycles. The number of benzene rings is 1. The van der Waals surface area contributed by atoms with Crippen molar-refractivity contribution >= 4 is 44.9 Å².